The van der Waals surface area contributed by atoms with Crippen LogP contribution < -0.4 is 0 Å². The van der Waals surface area contributed by atoms with Gasteiger partial charge in [-0.2, -0.15) is 0 Å². The molecule has 0 saturated carbocycles. The highest BCUT2D eigenvalue weighted by Gasteiger charge is 2.44. The Bertz CT molecular complexity index is 597. The number of hydrogen-bond acceptors (Lipinski definition) is 5. The van der Waals surface area contributed by atoms with Crippen molar-refractivity contribution >= 4 is 0 Å². The number of hydrogen-bond donors (Lipinski definition) is 0. The molecule has 0 aromatic heterocycles. The predicted molar refractivity (Wildman–Crippen MR) is 173 cm³/mol. The fraction of sp³-hybridized carbons (Fsp3) is 1.00. The molecule has 4 heterocycles. The number of rotatable bonds is 11. The maximum Gasteiger partial charge on any atom is 0.0135 e. The predicted octanol–water partition coefficient (Wildman–Crippen LogP) is 6.14. The van der Waals surface area contributed by atoms with E-state index in [4.69, 9.17) is 0 Å². The normalized spacial score (nSPS) is 26.3. The minimum atomic E-state index is 0.471. The quantitative estimate of drug-likeness (QED) is 0.282. The summed E-state index contributed by atoms with van der Waals surface area (Å²) in [7, 11) is 9.42. The molecule has 0 radical (unpaired) electrons. The van der Waals surface area contributed by atoms with E-state index in [2.05, 4.69) is 73.5 Å². The molecule has 4 aliphatic heterocycles. The fourth-order valence-electron chi connectivity index (χ4n) is 8.99. The molecule has 4 rings (SSSR count). The second kappa shape index (κ2) is 15.5. The van der Waals surface area contributed by atoms with Crippen molar-refractivity contribution in [2.75, 3.05) is 80.5 Å². The first kappa shape index (κ1) is 32.7. The molecule has 4 fully saturated rings. The van der Waals surface area contributed by atoms with E-state index in [-0.39, 0.29) is 0 Å². The standard InChI is InChI=1S/C35H69N5/c1-35(2,3)20-10-8-9-11-33(34(29-12-21-36(4)22-13-29)30-14-23-37(5)24-15-30)40(31-16-25-38(6)26-17-31)32-18-27-39(7)28-19-32/h29-34H,8-28H2,1-7H3. The Hall–Kier alpha value is -0.200. The van der Waals surface area contributed by atoms with Crippen LogP contribution in [0.1, 0.15) is 104 Å². The second-order valence-corrected chi connectivity index (χ2v) is 16.1. The van der Waals surface area contributed by atoms with Gasteiger partial charge in [0.15, 0.2) is 0 Å². The molecule has 5 heteroatoms. The molecular formula is C35H69N5. The summed E-state index contributed by atoms with van der Waals surface area (Å²) in [5.41, 5.74) is 0.471. The van der Waals surface area contributed by atoms with Crippen LogP contribution >= 0.6 is 0 Å². The lowest BCUT2D eigenvalue weighted by molar-refractivity contribution is -0.0495. The highest BCUT2D eigenvalue weighted by molar-refractivity contribution is 4.98. The van der Waals surface area contributed by atoms with Crippen LogP contribution in [0.3, 0.4) is 0 Å². The van der Waals surface area contributed by atoms with Crippen molar-refractivity contribution in [1.29, 1.82) is 0 Å². The summed E-state index contributed by atoms with van der Waals surface area (Å²) in [6, 6.07) is 2.38. The average Bonchev–Trinajstić information content (AvgIpc) is 2.92. The van der Waals surface area contributed by atoms with Gasteiger partial charge < -0.3 is 19.6 Å². The van der Waals surface area contributed by atoms with Gasteiger partial charge in [0.2, 0.25) is 0 Å². The molecule has 40 heavy (non-hydrogen) atoms. The van der Waals surface area contributed by atoms with Crippen LogP contribution in [0, 0.1) is 23.2 Å². The SMILES string of the molecule is CN1CCC(C(C2CCN(C)CC2)C(CCCCCC(C)(C)C)N(C2CCN(C)CC2)C2CCN(C)CC2)CC1. The van der Waals surface area contributed by atoms with E-state index in [9.17, 15) is 0 Å². The Morgan fingerprint density at radius 2 is 0.925 bits per heavy atom. The molecular weight excluding hydrogens is 490 g/mol. The monoisotopic (exact) mass is 560 g/mol. The van der Waals surface area contributed by atoms with Crippen LogP contribution in [0.4, 0.5) is 0 Å². The summed E-state index contributed by atoms with van der Waals surface area (Å²) in [6.45, 7) is 17.7. The zero-order valence-corrected chi connectivity index (χ0v) is 28.0. The lowest BCUT2D eigenvalue weighted by Gasteiger charge is -2.54. The van der Waals surface area contributed by atoms with Gasteiger partial charge in [-0.15, -0.1) is 0 Å². The summed E-state index contributed by atoms with van der Waals surface area (Å²) < 4.78 is 0. The van der Waals surface area contributed by atoms with Crippen LogP contribution in [0.5, 0.6) is 0 Å². The van der Waals surface area contributed by atoms with Gasteiger partial charge in [0.05, 0.1) is 0 Å². The Morgan fingerprint density at radius 3 is 1.30 bits per heavy atom. The molecule has 5 nitrogen and oxygen atoms in total. The first-order chi connectivity index (χ1) is 19.1. The van der Waals surface area contributed by atoms with Crippen LogP contribution in [0.15, 0.2) is 0 Å². The number of unbranched alkanes of at least 4 members (excludes halogenated alkanes) is 2. The van der Waals surface area contributed by atoms with Crippen molar-refractivity contribution in [2.45, 2.75) is 122 Å². The van der Waals surface area contributed by atoms with Crippen molar-refractivity contribution in [3.8, 4) is 0 Å². The van der Waals surface area contributed by atoms with Crippen molar-refractivity contribution in [3.63, 3.8) is 0 Å². The summed E-state index contributed by atoms with van der Waals surface area (Å²) in [5.74, 6) is 2.73. The lowest BCUT2D eigenvalue weighted by atomic mass is 9.67. The maximum absolute atomic E-state index is 3.28. The number of piperidine rings is 4. The first-order valence-corrected chi connectivity index (χ1v) is 17.6. The van der Waals surface area contributed by atoms with Crippen molar-refractivity contribution in [3.05, 3.63) is 0 Å². The number of nitrogens with zero attached hydrogens (tertiary/aromatic N) is 5. The fourth-order valence-corrected chi connectivity index (χ4v) is 8.99. The zero-order valence-electron chi connectivity index (χ0n) is 28.0. The highest BCUT2D eigenvalue weighted by atomic mass is 15.3. The van der Waals surface area contributed by atoms with Gasteiger partial charge in [-0.05, 0) is 168 Å². The summed E-state index contributed by atoms with van der Waals surface area (Å²) in [4.78, 5) is 13.7. The van der Waals surface area contributed by atoms with Gasteiger partial charge in [-0.1, -0.05) is 40.0 Å². The van der Waals surface area contributed by atoms with Gasteiger partial charge in [0.25, 0.3) is 0 Å². The average molecular weight is 560 g/mol. The van der Waals surface area contributed by atoms with E-state index in [0.29, 0.717) is 5.41 Å². The van der Waals surface area contributed by atoms with Crippen LogP contribution in [-0.4, -0.2) is 123 Å². The van der Waals surface area contributed by atoms with E-state index in [1.807, 2.05) is 0 Å². The van der Waals surface area contributed by atoms with Crippen LogP contribution in [0.2, 0.25) is 0 Å². The minimum absolute atomic E-state index is 0.471. The Kier molecular flexibility index (Phi) is 12.7. The molecule has 0 aliphatic carbocycles. The molecule has 0 N–H and O–H groups in total. The lowest BCUT2D eigenvalue weighted by Crippen LogP contribution is -2.59. The van der Waals surface area contributed by atoms with E-state index < -0.39 is 0 Å². The molecule has 0 bridgehead atoms. The van der Waals surface area contributed by atoms with E-state index in [0.717, 1.165) is 35.9 Å². The third-order valence-corrected chi connectivity index (χ3v) is 11.6. The summed E-state index contributed by atoms with van der Waals surface area (Å²) >= 11 is 0. The summed E-state index contributed by atoms with van der Waals surface area (Å²) in [5, 5.41) is 0. The van der Waals surface area contributed by atoms with Crippen molar-refractivity contribution in [1.82, 2.24) is 24.5 Å². The largest absolute Gasteiger partial charge is 0.306 e. The molecule has 4 aliphatic rings. The second-order valence-electron chi connectivity index (χ2n) is 16.1. The Labute approximate surface area is 250 Å². The first-order valence-electron chi connectivity index (χ1n) is 17.6. The van der Waals surface area contributed by atoms with Gasteiger partial charge in [-0.25, -0.2) is 0 Å². The van der Waals surface area contributed by atoms with E-state index in [1.165, 1.54) is 136 Å². The molecule has 0 aromatic rings. The van der Waals surface area contributed by atoms with E-state index >= 15 is 0 Å². The van der Waals surface area contributed by atoms with Gasteiger partial charge >= 0.3 is 0 Å². The molecule has 0 aromatic carbocycles. The smallest absolute Gasteiger partial charge is 0.0135 e. The highest BCUT2D eigenvalue weighted by Crippen LogP contribution is 2.43. The van der Waals surface area contributed by atoms with E-state index in [1.54, 1.807) is 0 Å². The van der Waals surface area contributed by atoms with Crippen LogP contribution in [-0.2, 0) is 0 Å². The third-order valence-electron chi connectivity index (χ3n) is 11.6. The topological polar surface area (TPSA) is 16.2 Å². The molecule has 1 atom stereocenters. The van der Waals surface area contributed by atoms with Crippen LogP contribution in [0.25, 0.3) is 0 Å². The molecule has 4 saturated heterocycles. The zero-order chi connectivity index (χ0) is 28.7. The maximum atomic E-state index is 3.28. The Balaban J connectivity index is 1.62. The van der Waals surface area contributed by atoms with Gasteiger partial charge in [0, 0.05) is 18.1 Å². The Morgan fingerprint density at radius 1 is 0.550 bits per heavy atom. The van der Waals surface area contributed by atoms with Crippen molar-refractivity contribution in [2.24, 2.45) is 23.2 Å². The van der Waals surface area contributed by atoms with Crippen molar-refractivity contribution < 1.29 is 0 Å². The van der Waals surface area contributed by atoms with Gasteiger partial charge in [0.1, 0.15) is 0 Å². The minimum Gasteiger partial charge on any atom is -0.306 e. The molecule has 0 spiro atoms. The third kappa shape index (κ3) is 9.66. The molecule has 1 unspecified atom stereocenters. The molecule has 234 valence electrons. The summed E-state index contributed by atoms with van der Waals surface area (Å²) in [6.07, 6.45) is 18.4. The number of likely N-dealkylation sites (tertiary alicyclic amines) is 4. The van der Waals surface area contributed by atoms with Gasteiger partial charge in [-0.3, -0.25) is 4.90 Å². The molecule has 0 amide bonds.